The van der Waals surface area contributed by atoms with Crippen LogP contribution >= 0.6 is 0 Å². The monoisotopic (exact) mass is 388 g/mol. The molecule has 3 rings (SSSR count). The Bertz CT molecular complexity index is 989. The lowest BCUT2D eigenvalue weighted by Gasteiger charge is -2.13. The standard InChI is InChI=1S/C25H24O4/c1-3-28-24-16-20(15-22(25(26)27)21-7-5-4-6-8-21)13-14-23(24)29-17-19-11-9-18(2)10-12-19/h4-16H,3,17H2,1-2H3,(H,26,27). The molecule has 0 heterocycles. The second-order valence-corrected chi connectivity index (χ2v) is 6.64. The lowest BCUT2D eigenvalue weighted by Crippen LogP contribution is -2.01. The van der Waals surface area contributed by atoms with E-state index in [1.54, 1.807) is 24.3 Å². The highest BCUT2D eigenvalue weighted by molar-refractivity contribution is 6.20. The summed E-state index contributed by atoms with van der Waals surface area (Å²) in [6.45, 7) is 4.86. The van der Waals surface area contributed by atoms with Crippen molar-refractivity contribution in [2.24, 2.45) is 0 Å². The highest BCUT2D eigenvalue weighted by Crippen LogP contribution is 2.31. The first-order chi connectivity index (χ1) is 14.1. The van der Waals surface area contributed by atoms with Gasteiger partial charge >= 0.3 is 5.97 Å². The van der Waals surface area contributed by atoms with Gasteiger partial charge in [-0.05, 0) is 48.7 Å². The maximum absolute atomic E-state index is 11.7. The Labute approximate surface area is 171 Å². The van der Waals surface area contributed by atoms with Crippen LogP contribution < -0.4 is 9.47 Å². The molecular formula is C25H24O4. The van der Waals surface area contributed by atoms with Crippen LogP contribution in [0.5, 0.6) is 11.5 Å². The summed E-state index contributed by atoms with van der Waals surface area (Å²) in [6, 6.07) is 22.7. The lowest BCUT2D eigenvalue weighted by molar-refractivity contribution is -0.130. The first kappa shape index (κ1) is 20.2. The topological polar surface area (TPSA) is 55.8 Å². The third-order valence-electron chi connectivity index (χ3n) is 4.41. The summed E-state index contributed by atoms with van der Waals surface area (Å²) in [5, 5.41) is 9.62. The van der Waals surface area contributed by atoms with Gasteiger partial charge in [0.25, 0.3) is 0 Å². The maximum Gasteiger partial charge on any atom is 0.336 e. The largest absolute Gasteiger partial charge is 0.490 e. The summed E-state index contributed by atoms with van der Waals surface area (Å²) >= 11 is 0. The van der Waals surface area contributed by atoms with E-state index in [4.69, 9.17) is 9.47 Å². The van der Waals surface area contributed by atoms with Gasteiger partial charge in [-0.25, -0.2) is 4.79 Å². The van der Waals surface area contributed by atoms with Crippen LogP contribution in [0, 0.1) is 6.92 Å². The quantitative estimate of drug-likeness (QED) is 0.403. The van der Waals surface area contributed by atoms with E-state index in [-0.39, 0.29) is 5.57 Å². The minimum Gasteiger partial charge on any atom is -0.490 e. The van der Waals surface area contributed by atoms with Gasteiger partial charge in [-0.1, -0.05) is 66.2 Å². The SMILES string of the molecule is CCOc1cc(C=C(C(=O)O)c2ccccc2)ccc1OCc1ccc(C)cc1. The van der Waals surface area contributed by atoms with Crippen LogP contribution in [0.1, 0.15) is 29.2 Å². The van der Waals surface area contributed by atoms with E-state index in [1.165, 1.54) is 5.56 Å². The second-order valence-electron chi connectivity index (χ2n) is 6.64. The van der Waals surface area contributed by atoms with Crippen LogP contribution in [0.3, 0.4) is 0 Å². The molecule has 4 nitrogen and oxygen atoms in total. The number of hydrogen-bond donors (Lipinski definition) is 1. The van der Waals surface area contributed by atoms with Crippen LogP contribution in [0.4, 0.5) is 0 Å². The highest BCUT2D eigenvalue weighted by atomic mass is 16.5. The molecule has 0 amide bonds. The van der Waals surface area contributed by atoms with Gasteiger partial charge in [0.1, 0.15) is 6.61 Å². The van der Waals surface area contributed by atoms with Crippen LogP contribution in [0.25, 0.3) is 11.6 Å². The number of rotatable bonds is 8. The average Bonchev–Trinajstić information content (AvgIpc) is 2.73. The molecule has 0 fully saturated rings. The third kappa shape index (κ3) is 5.48. The molecule has 0 bridgehead atoms. The highest BCUT2D eigenvalue weighted by Gasteiger charge is 2.12. The predicted molar refractivity (Wildman–Crippen MR) is 115 cm³/mol. The van der Waals surface area contributed by atoms with Gasteiger partial charge < -0.3 is 14.6 Å². The smallest absolute Gasteiger partial charge is 0.336 e. The molecular weight excluding hydrogens is 364 g/mol. The number of ether oxygens (including phenoxy) is 2. The molecule has 148 valence electrons. The fourth-order valence-corrected chi connectivity index (χ4v) is 2.90. The van der Waals surface area contributed by atoms with Crippen molar-refractivity contribution in [1.82, 2.24) is 0 Å². The Balaban J connectivity index is 1.86. The van der Waals surface area contributed by atoms with Crippen molar-refractivity contribution in [2.45, 2.75) is 20.5 Å². The Morgan fingerprint density at radius 2 is 1.66 bits per heavy atom. The van der Waals surface area contributed by atoms with Gasteiger partial charge in [0.05, 0.1) is 12.2 Å². The van der Waals surface area contributed by atoms with E-state index in [9.17, 15) is 9.90 Å². The van der Waals surface area contributed by atoms with E-state index in [0.717, 1.165) is 11.1 Å². The van der Waals surface area contributed by atoms with Crippen molar-refractivity contribution >= 4 is 17.6 Å². The Kier molecular flexibility index (Phi) is 6.69. The van der Waals surface area contributed by atoms with Crippen LogP contribution in [-0.4, -0.2) is 17.7 Å². The number of hydrogen-bond acceptors (Lipinski definition) is 3. The molecule has 0 aliphatic carbocycles. The number of aliphatic carboxylic acids is 1. The fourth-order valence-electron chi connectivity index (χ4n) is 2.90. The molecule has 0 aromatic heterocycles. The summed E-state index contributed by atoms with van der Waals surface area (Å²) in [4.78, 5) is 11.7. The van der Waals surface area contributed by atoms with Crippen molar-refractivity contribution in [3.05, 3.63) is 95.1 Å². The fraction of sp³-hybridized carbons (Fsp3) is 0.160. The molecule has 0 aliphatic rings. The zero-order chi connectivity index (χ0) is 20.6. The minimum absolute atomic E-state index is 0.223. The second kappa shape index (κ2) is 9.60. The Hall–Kier alpha value is -3.53. The summed E-state index contributed by atoms with van der Waals surface area (Å²) < 4.78 is 11.7. The van der Waals surface area contributed by atoms with Crippen molar-refractivity contribution in [3.63, 3.8) is 0 Å². The molecule has 0 aliphatic heterocycles. The van der Waals surface area contributed by atoms with Crippen LogP contribution in [0.2, 0.25) is 0 Å². The van der Waals surface area contributed by atoms with E-state index >= 15 is 0 Å². The minimum atomic E-state index is -0.978. The zero-order valence-corrected chi connectivity index (χ0v) is 16.6. The molecule has 0 spiro atoms. The molecule has 0 saturated heterocycles. The summed E-state index contributed by atoms with van der Waals surface area (Å²) in [5.74, 6) is 0.237. The molecule has 3 aromatic rings. The number of benzene rings is 3. The molecule has 29 heavy (non-hydrogen) atoms. The number of aryl methyl sites for hydroxylation is 1. The van der Waals surface area contributed by atoms with E-state index in [1.807, 2.05) is 68.4 Å². The molecule has 0 atom stereocenters. The van der Waals surface area contributed by atoms with Gasteiger partial charge in [0.2, 0.25) is 0 Å². The van der Waals surface area contributed by atoms with Gasteiger partial charge in [0.15, 0.2) is 11.5 Å². The van der Waals surface area contributed by atoms with Gasteiger partial charge in [-0.2, -0.15) is 0 Å². The number of carboxylic acids is 1. The van der Waals surface area contributed by atoms with Gasteiger partial charge in [-0.15, -0.1) is 0 Å². The molecule has 0 unspecified atom stereocenters. The first-order valence-corrected chi connectivity index (χ1v) is 9.52. The van der Waals surface area contributed by atoms with E-state index < -0.39 is 5.97 Å². The predicted octanol–water partition coefficient (Wildman–Crippen LogP) is 5.60. The summed E-state index contributed by atoms with van der Waals surface area (Å²) in [7, 11) is 0. The average molecular weight is 388 g/mol. The molecule has 0 radical (unpaired) electrons. The van der Waals surface area contributed by atoms with Gasteiger partial charge in [0, 0.05) is 0 Å². The van der Waals surface area contributed by atoms with Crippen LogP contribution in [0.15, 0.2) is 72.8 Å². The van der Waals surface area contributed by atoms with Crippen LogP contribution in [-0.2, 0) is 11.4 Å². The summed E-state index contributed by atoms with van der Waals surface area (Å²) in [6.07, 6.45) is 1.64. The Morgan fingerprint density at radius 1 is 0.931 bits per heavy atom. The van der Waals surface area contributed by atoms with E-state index in [0.29, 0.717) is 30.3 Å². The molecule has 4 heteroatoms. The Morgan fingerprint density at radius 3 is 2.31 bits per heavy atom. The molecule has 3 aromatic carbocycles. The lowest BCUT2D eigenvalue weighted by atomic mass is 10.0. The van der Waals surface area contributed by atoms with Crippen molar-refractivity contribution in [2.75, 3.05) is 6.61 Å². The van der Waals surface area contributed by atoms with Crippen molar-refractivity contribution in [1.29, 1.82) is 0 Å². The van der Waals surface area contributed by atoms with E-state index in [2.05, 4.69) is 0 Å². The van der Waals surface area contributed by atoms with Gasteiger partial charge in [-0.3, -0.25) is 0 Å². The van der Waals surface area contributed by atoms with Crippen molar-refractivity contribution < 1.29 is 19.4 Å². The zero-order valence-electron chi connectivity index (χ0n) is 16.6. The molecule has 1 N–H and O–H groups in total. The summed E-state index contributed by atoms with van der Waals surface area (Å²) in [5.41, 5.74) is 3.88. The molecule has 0 saturated carbocycles. The maximum atomic E-state index is 11.7. The number of carboxylic acid groups (broad SMARTS) is 1. The normalized spacial score (nSPS) is 11.2. The third-order valence-corrected chi connectivity index (χ3v) is 4.41. The van der Waals surface area contributed by atoms with Crippen molar-refractivity contribution in [3.8, 4) is 11.5 Å². The number of carbonyl (C=O) groups is 1. The first-order valence-electron chi connectivity index (χ1n) is 9.52.